The Morgan fingerprint density at radius 1 is 1.15 bits per heavy atom. The molecular formula is C21H18N4O2. The number of fused-ring (bicyclic) bond motifs is 2. The predicted octanol–water partition coefficient (Wildman–Crippen LogP) is 2.82. The summed E-state index contributed by atoms with van der Waals surface area (Å²) < 4.78 is 0. The zero-order valence-corrected chi connectivity index (χ0v) is 14.6. The monoisotopic (exact) mass is 358 g/mol. The molecule has 2 aromatic carbocycles. The molecule has 0 atom stereocenters. The van der Waals surface area contributed by atoms with E-state index in [9.17, 15) is 9.59 Å². The lowest BCUT2D eigenvalue weighted by atomic mass is 10.1. The summed E-state index contributed by atoms with van der Waals surface area (Å²) >= 11 is 0. The van der Waals surface area contributed by atoms with Crippen molar-refractivity contribution >= 4 is 28.4 Å². The molecule has 6 heteroatoms. The van der Waals surface area contributed by atoms with Gasteiger partial charge in [0, 0.05) is 29.4 Å². The van der Waals surface area contributed by atoms with Crippen LogP contribution < -0.4 is 10.6 Å². The van der Waals surface area contributed by atoms with Gasteiger partial charge in [0.2, 0.25) is 11.8 Å². The standard InChI is InChI=1S/C11H10N2O.C10H8N2O/c12-6-3-7-13-10-5-2-1-4-9(10)8-11(13)14;11-10(13)8-3-1-5-9-7(8)4-2-6-12-9/h1-2,4-5H,3,7-8H2;1-6H,(H2,11,13). The second kappa shape index (κ2) is 8.11. The van der Waals surface area contributed by atoms with Gasteiger partial charge in [-0.2, -0.15) is 5.26 Å². The summed E-state index contributed by atoms with van der Waals surface area (Å²) in [5.41, 5.74) is 8.55. The Bertz CT molecular complexity index is 1030. The lowest BCUT2D eigenvalue weighted by Gasteiger charge is -2.14. The molecule has 134 valence electrons. The van der Waals surface area contributed by atoms with Crippen molar-refractivity contribution in [1.29, 1.82) is 5.26 Å². The summed E-state index contributed by atoms with van der Waals surface area (Å²) in [5.74, 6) is -0.319. The highest BCUT2D eigenvalue weighted by molar-refractivity contribution is 6.05. The molecule has 0 bridgehead atoms. The van der Waals surface area contributed by atoms with E-state index in [0.717, 1.165) is 22.2 Å². The Kier molecular flexibility index (Phi) is 5.43. The fourth-order valence-electron chi connectivity index (χ4n) is 3.04. The van der Waals surface area contributed by atoms with Crippen LogP contribution in [0.15, 0.2) is 60.8 Å². The van der Waals surface area contributed by atoms with Crippen molar-refractivity contribution in [3.05, 3.63) is 71.9 Å². The number of carbonyl (C=O) groups is 2. The van der Waals surface area contributed by atoms with Gasteiger partial charge in [-0.15, -0.1) is 0 Å². The highest BCUT2D eigenvalue weighted by Gasteiger charge is 2.25. The van der Waals surface area contributed by atoms with Crippen molar-refractivity contribution in [1.82, 2.24) is 4.98 Å². The summed E-state index contributed by atoms with van der Waals surface area (Å²) in [6.07, 6.45) is 2.55. The summed E-state index contributed by atoms with van der Waals surface area (Å²) in [5, 5.41) is 9.28. The number of nitrogens with two attached hydrogens (primary N) is 1. The van der Waals surface area contributed by atoms with Crippen LogP contribution in [0.5, 0.6) is 0 Å². The minimum atomic E-state index is -0.418. The first-order valence-corrected chi connectivity index (χ1v) is 8.50. The molecule has 0 saturated heterocycles. The number of hydrogen-bond acceptors (Lipinski definition) is 4. The second-order valence-corrected chi connectivity index (χ2v) is 6.00. The molecule has 2 heterocycles. The first-order valence-electron chi connectivity index (χ1n) is 8.50. The SMILES string of the molecule is N#CCCN1C(=O)Cc2ccccc21.NC(=O)c1cccc2ncccc12. The van der Waals surface area contributed by atoms with E-state index >= 15 is 0 Å². The normalized spacial score (nSPS) is 12.1. The summed E-state index contributed by atoms with van der Waals surface area (Å²) in [6.45, 7) is 0.506. The lowest BCUT2D eigenvalue weighted by Crippen LogP contribution is -2.27. The molecule has 0 unspecified atom stereocenters. The molecule has 2 amide bonds. The number of benzene rings is 2. The maximum atomic E-state index is 11.6. The van der Waals surface area contributed by atoms with Gasteiger partial charge in [0.05, 0.1) is 24.4 Å². The molecule has 1 aliphatic heterocycles. The molecule has 0 fully saturated rings. The summed E-state index contributed by atoms with van der Waals surface area (Å²) in [7, 11) is 0. The van der Waals surface area contributed by atoms with Gasteiger partial charge in [-0.05, 0) is 29.8 Å². The molecule has 0 saturated carbocycles. The van der Waals surface area contributed by atoms with Gasteiger partial charge in [0.1, 0.15) is 0 Å². The van der Waals surface area contributed by atoms with Crippen LogP contribution in [0.2, 0.25) is 0 Å². The number of nitriles is 1. The number of carbonyl (C=O) groups excluding carboxylic acids is 2. The molecule has 0 spiro atoms. The Balaban J connectivity index is 0.000000156. The zero-order valence-electron chi connectivity index (χ0n) is 14.6. The Morgan fingerprint density at radius 2 is 1.96 bits per heavy atom. The molecule has 3 aromatic rings. The Hall–Kier alpha value is -3.72. The van der Waals surface area contributed by atoms with Gasteiger partial charge in [-0.3, -0.25) is 14.6 Å². The van der Waals surface area contributed by atoms with Crippen LogP contribution in [0, 0.1) is 11.3 Å². The third kappa shape index (κ3) is 3.93. The van der Waals surface area contributed by atoms with Crippen LogP contribution in [0.3, 0.4) is 0 Å². The Labute approximate surface area is 156 Å². The number of amides is 2. The van der Waals surface area contributed by atoms with E-state index in [4.69, 9.17) is 11.0 Å². The number of anilines is 1. The van der Waals surface area contributed by atoms with E-state index in [-0.39, 0.29) is 5.91 Å². The van der Waals surface area contributed by atoms with E-state index in [1.54, 1.807) is 29.3 Å². The quantitative estimate of drug-likeness (QED) is 0.778. The first-order chi connectivity index (χ1) is 13.1. The van der Waals surface area contributed by atoms with Crippen LogP contribution in [-0.4, -0.2) is 23.3 Å². The molecular weight excluding hydrogens is 340 g/mol. The predicted molar refractivity (Wildman–Crippen MR) is 103 cm³/mol. The van der Waals surface area contributed by atoms with Crippen LogP contribution in [0.25, 0.3) is 10.9 Å². The average Bonchev–Trinajstić information content (AvgIpc) is 3.01. The minimum absolute atomic E-state index is 0.0986. The Morgan fingerprint density at radius 3 is 2.74 bits per heavy atom. The van der Waals surface area contributed by atoms with E-state index in [0.29, 0.717) is 24.9 Å². The van der Waals surface area contributed by atoms with Gasteiger partial charge in [0.25, 0.3) is 0 Å². The molecule has 0 aliphatic carbocycles. The number of primary amides is 1. The number of pyridine rings is 1. The van der Waals surface area contributed by atoms with Gasteiger partial charge in [0.15, 0.2) is 0 Å². The van der Waals surface area contributed by atoms with Gasteiger partial charge < -0.3 is 10.6 Å². The minimum Gasteiger partial charge on any atom is -0.366 e. The lowest BCUT2D eigenvalue weighted by molar-refractivity contribution is -0.117. The topological polar surface area (TPSA) is 100 Å². The van der Waals surface area contributed by atoms with E-state index in [1.807, 2.05) is 36.4 Å². The molecule has 1 aliphatic rings. The molecule has 1 aromatic heterocycles. The fourth-order valence-corrected chi connectivity index (χ4v) is 3.04. The van der Waals surface area contributed by atoms with Crippen molar-refractivity contribution in [2.75, 3.05) is 11.4 Å². The molecule has 4 rings (SSSR count). The summed E-state index contributed by atoms with van der Waals surface area (Å²) in [6, 6.07) is 18.7. The highest BCUT2D eigenvalue weighted by atomic mass is 16.2. The first kappa shape index (κ1) is 18.1. The molecule has 6 nitrogen and oxygen atoms in total. The van der Waals surface area contributed by atoms with Crippen LogP contribution in [0.4, 0.5) is 5.69 Å². The van der Waals surface area contributed by atoms with Crippen LogP contribution in [0.1, 0.15) is 22.3 Å². The van der Waals surface area contributed by atoms with Gasteiger partial charge in [-0.1, -0.05) is 30.3 Å². The summed E-state index contributed by atoms with van der Waals surface area (Å²) in [4.78, 5) is 28.4. The van der Waals surface area contributed by atoms with Crippen LogP contribution in [-0.2, 0) is 11.2 Å². The van der Waals surface area contributed by atoms with Crippen LogP contribution >= 0.6 is 0 Å². The molecule has 0 radical (unpaired) electrons. The van der Waals surface area contributed by atoms with Crippen molar-refractivity contribution in [3.63, 3.8) is 0 Å². The average molecular weight is 358 g/mol. The van der Waals surface area contributed by atoms with Crippen molar-refractivity contribution in [2.24, 2.45) is 5.73 Å². The van der Waals surface area contributed by atoms with E-state index < -0.39 is 5.91 Å². The number of rotatable bonds is 3. The van der Waals surface area contributed by atoms with E-state index in [1.165, 1.54) is 0 Å². The fraction of sp³-hybridized carbons (Fsp3) is 0.143. The number of hydrogen-bond donors (Lipinski definition) is 1. The zero-order chi connectivity index (χ0) is 19.2. The molecule has 27 heavy (non-hydrogen) atoms. The highest BCUT2D eigenvalue weighted by Crippen LogP contribution is 2.28. The molecule has 2 N–H and O–H groups in total. The van der Waals surface area contributed by atoms with Gasteiger partial charge in [-0.25, -0.2) is 0 Å². The van der Waals surface area contributed by atoms with Crippen molar-refractivity contribution in [2.45, 2.75) is 12.8 Å². The third-order valence-corrected chi connectivity index (χ3v) is 4.28. The van der Waals surface area contributed by atoms with Crippen molar-refractivity contribution < 1.29 is 9.59 Å². The van der Waals surface area contributed by atoms with E-state index in [2.05, 4.69) is 11.1 Å². The second-order valence-electron chi connectivity index (χ2n) is 6.00. The van der Waals surface area contributed by atoms with Gasteiger partial charge >= 0.3 is 0 Å². The number of para-hydroxylation sites is 1. The number of nitrogens with zero attached hydrogens (tertiary/aromatic N) is 3. The maximum absolute atomic E-state index is 11.6. The smallest absolute Gasteiger partial charge is 0.249 e. The largest absolute Gasteiger partial charge is 0.366 e. The number of aromatic nitrogens is 1. The maximum Gasteiger partial charge on any atom is 0.249 e. The third-order valence-electron chi connectivity index (χ3n) is 4.28. The van der Waals surface area contributed by atoms with Crippen molar-refractivity contribution in [3.8, 4) is 6.07 Å².